The number of fused-ring (bicyclic) bond motifs is 2. The topological polar surface area (TPSA) is 132 Å². The molecule has 6 rings (SSSR count). The molecule has 206 valence electrons. The molecule has 0 spiro atoms. The maximum atomic E-state index is 13.8. The molecule has 41 heavy (non-hydrogen) atoms. The van der Waals surface area contributed by atoms with E-state index in [4.69, 9.17) is 0 Å². The first-order valence-electron chi connectivity index (χ1n) is 12.4. The van der Waals surface area contributed by atoms with Crippen molar-refractivity contribution in [2.75, 3.05) is 10.2 Å². The summed E-state index contributed by atoms with van der Waals surface area (Å²) in [5.41, 5.74) is 1.14. The summed E-state index contributed by atoms with van der Waals surface area (Å²) in [6.45, 7) is -0.345. The lowest BCUT2D eigenvalue weighted by Gasteiger charge is -2.30. The highest BCUT2D eigenvalue weighted by atomic mass is 32.2. The van der Waals surface area contributed by atoms with Gasteiger partial charge in [-0.15, -0.1) is 0 Å². The van der Waals surface area contributed by atoms with Gasteiger partial charge in [0.15, 0.2) is 0 Å². The summed E-state index contributed by atoms with van der Waals surface area (Å²) in [6, 6.07) is 19.5. The number of carbonyl (C=O) groups is 3. The van der Waals surface area contributed by atoms with E-state index in [1.54, 1.807) is 12.1 Å². The molecule has 2 aliphatic heterocycles. The number of amides is 3. The summed E-state index contributed by atoms with van der Waals surface area (Å²) < 4.78 is 14.6. The van der Waals surface area contributed by atoms with Crippen LogP contribution in [0.4, 0.5) is 21.5 Å². The van der Waals surface area contributed by atoms with Gasteiger partial charge < -0.3 is 5.32 Å². The number of hydrogen-bond donors (Lipinski definition) is 1. The number of benzene rings is 3. The Balaban J connectivity index is 1.38. The van der Waals surface area contributed by atoms with E-state index >= 15 is 0 Å². The lowest BCUT2D eigenvalue weighted by atomic mass is 9.83. The number of nitro groups is 1. The van der Waals surface area contributed by atoms with Gasteiger partial charge in [-0.3, -0.25) is 33.9 Å². The van der Waals surface area contributed by atoms with Gasteiger partial charge in [0.1, 0.15) is 17.6 Å². The van der Waals surface area contributed by atoms with Crippen molar-refractivity contribution in [3.8, 4) is 0 Å². The maximum Gasteiger partial charge on any atom is 0.308 e. The van der Waals surface area contributed by atoms with E-state index in [2.05, 4.69) is 5.32 Å². The van der Waals surface area contributed by atoms with Crippen LogP contribution in [-0.4, -0.2) is 32.5 Å². The summed E-state index contributed by atoms with van der Waals surface area (Å²) in [5, 5.41) is 13.3. The van der Waals surface area contributed by atoms with Gasteiger partial charge in [-0.25, -0.2) is 9.29 Å². The number of carbonyl (C=O) groups excluding carboxylic acids is 3. The Bertz CT molecular complexity index is 1760. The molecule has 13 heteroatoms. The zero-order valence-corrected chi connectivity index (χ0v) is 22.6. The minimum Gasteiger partial charge on any atom is -0.325 e. The fraction of sp³-hybridized carbons (Fsp3) is 0.143. The summed E-state index contributed by atoms with van der Waals surface area (Å²) in [5.74, 6) is -3.41. The van der Waals surface area contributed by atoms with Crippen LogP contribution >= 0.6 is 23.1 Å². The van der Waals surface area contributed by atoms with E-state index in [1.807, 2.05) is 18.2 Å². The molecule has 3 atom stereocenters. The van der Waals surface area contributed by atoms with Gasteiger partial charge in [0.05, 0.1) is 21.6 Å². The molecule has 0 saturated carbocycles. The fourth-order valence-electron chi connectivity index (χ4n) is 5.13. The van der Waals surface area contributed by atoms with Crippen molar-refractivity contribution in [3.05, 3.63) is 115 Å². The number of halogens is 1. The lowest BCUT2D eigenvalue weighted by Crippen LogP contribution is -2.33. The van der Waals surface area contributed by atoms with Crippen LogP contribution in [0.15, 0.2) is 88.7 Å². The van der Waals surface area contributed by atoms with Gasteiger partial charge in [-0.05, 0) is 42.0 Å². The molecule has 3 aromatic carbocycles. The Hall–Kier alpha value is -4.62. The summed E-state index contributed by atoms with van der Waals surface area (Å²) >= 11 is 1.99. The molecular formula is C28H19FN4O6S2. The number of hydrogen-bond acceptors (Lipinski definition) is 8. The minimum absolute atomic E-state index is 0.174. The van der Waals surface area contributed by atoms with Crippen LogP contribution in [0.25, 0.3) is 0 Å². The number of non-ortho nitro benzene ring substituents is 1. The van der Waals surface area contributed by atoms with E-state index in [0.29, 0.717) is 15.6 Å². The fourth-order valence-corrected chi connectivity index (χ4v) is 7.90. The largest absolute Gasteiger partial charge is 0.325 e. The first-order valence-corrected chi connectivity index (χ1v) is 14.1. The van der Waals surface area contributed by atoms with Crippen LogP contribution in [0.5, 0.6) is 0 Å². The molecule has 10 nitrogen and oxygen atoms in total. The van der Waals surface area contributed by atoms with Gasteiger partial charge in [0.2, 0.25) is 17.7 Å². The zero-order valence-electron chi connectivity index (χ0n) is 20.9. The number of nitro benzene ring substituents is 1. The van der Waals surface area contributed by atoms with E-state index in [-0.39, 0.29) is 17.9 Å². The third kappa shape index (κ3) is 4.72. The Morgan fingerprint density at radius 1 is 0.951 bits per heavy atom. The third-order valence-electron chi connectivity index (χ3n) is 6.96. The van der Waals surface area contributed by atoms with Crippen molar-refractivity contribution in [2.45, 2.75) is 22.7 Å². The van der Waals surface area contributed by atoms with E-state index in [9.17, 15) is 33.7 Å². The van der Waals surface area contributed by atoms with E-state index in [1.165, 1.54) is 53.1 Å². The molecule has 3 amide bonds. The Morgan fingerprint density at radius 3 is 2.29 bits per heavy atom. The van der Waals surface area contributed by atoms with Gasteiger partial charge in [0.25, 0.3) is 5.69 Å². The molecule has 2 aliphatic rings. The van der Waals surface area contributed by atoms with Gasteiger partial charge in [-0.1, -0.05) is 53.4 Å². The Labute approximate surface area is 239 Å². The summed E-state index contributed by atoms with van der Waals surface area (Å²) in [4.78, 5) is 65.3. The lowest BCUT2D eigenvalue weighted by molar-refractivity contribution is -0.384. The van der Waals surface area contributed by atoms with Crippen molar-refractivity contribution in [3.63, 3.8) is 0 Å². The number of thioether (sulfide) groups is 1. The van der Waals surface area contributed by atoms with Gasteiger partial charge >= 0.3 is 4.87 Å². The van der Waals surface area contributed by atoms with Crippen LogP contribution in [0.2, 0.25) is 0 Å². The zero-order chi connectivity index (χ0) is 28.8. The molecule has 1 saturated heterocycles. The second kappa shape index (κ2) is 10.4. The molecule has 4 aromatic rings. The smallest absolute Gasteiger partial charge is 0.308 e. The molecule has 3 heterocycles. The van der Waals surface area contributed by atoms with Crippen molar-refractivity contribution in [2.24, 2.45) is 5.92 Å². The maximum absolute atomic E-state index is 13.8. The highest BCUT2D eigenvalue weighted by Crippen LogP contribution is 2.53. The van der Waals surface area contributed by atoms with E-state index in [0.717, 1.165) is 33.6 Å². The first kappa shape index (κ1) is 26.6. The first-order chi connectivity index (χ1) is 19.7. The molecule has 0 aliphatic carbocycles. The number of rotatable bonds is 6. The number of imide groups is 1. The monoisotopic (exact) mass is 590 g/mol. The van der Waals surface area contributed by atoms with Crippen molar-refractivity contribution in [1.82, 2.24) is 4.57 Å². The average Bonchev–Trinajstić information content (AvgIpc) is 3.40. The molecule has 0 bridgehead atoms. The standard InChI is InChI=1S/C28H19FN4O6S2/c29-16-6-8-17(9-7-16)30-20(34)14-31-27-24(41-28(31)37)21(15-4-2-1-3-5-15)22-23(40-27)26(36)32(25(22)35)18-10-12-19(13-11-18)33(38)39/h1-13,21-23H,14H2,(H,30,34)/t21-,22?,23?/m1/s1. The number of thiazole rings is 1. The highest BCUT2D eigenvalue weighted by molar-refractivity contribution is 8.00. The number of anilines is 2. The Kier molecular flexibility index (Phi) is 6.75. The molecule has 1 N–H and O–H groups in total. The molecular weight excluding hydrogens is 571 g/mol. The van der Waals surface area contributed by atoms with Crippen LogP contribution < -0.4 is 15.1 Å². The highest BCUT2D eigenvalue weighted by Gasteiger charge is 2.56. The van der Waals surface area contributed by atoms with Crippen LogP contribution in [-0.2, 0) is 20.9 Å². The van der Waals surface area contributed by atoms with Crippen molar-refractivity contribution >= 4 is 57.9 Å². The molecule has 2 unspecified atom stereocenters. The second-order valence-corrected chi connectivity index (χ2v) is 11.5. The van der Waals surface area contributed by atoms with Crippen molar-refractivity contribution in [1.29, 1.82) is 0 Å². The predicted molar refractivity (Wildman–Crippen MR) is 151 cm³/mol. The number of nitrogens with zero attached hydrogens (tertiary/aromatic N) is 3. The normalized spacial score (nSPS) is 19.5. The second-order valence-electron chi connectivity index (χ2n) is 9.42. The van der Waals surface area contributed by atoms with Crippen LogP contribution in [0, 0.1) is 21.8 Å². The third-order valence-corrected chi connectivity index (χ3v) is 9.56. The van der Waals surface area contributed by atoms with Gasteiger partial charge in [0, 0.05) is 28.6 Å². The van der Waals surface area contributed by atoms with Gasteiger partial charge in [-0.2, -0.15) is 0 Å². The van der Waals surface area contributed by atoms with Crippen LogP contribution in [0.1, 0.15) is 16.4 Å². The Morgan fingerprint density at radius 2 is 1.63 bits per heavy atom. The molecule has 1 aromatic heterocycles. The summed E-state index contributed by atoms with van der Waals surface area (Å²) in [6.07, 6.45) is 0. The minimum atomic E-state index is -0.893. The predicted octanol–water partition coefficient (Wildman–Crippen LogP) is 4.39. The molecule has 1 fully saturated rings. The average molecular weight is 591 g/mol. The van der Waals surface area contributed by atoms with E-state index < -0.39 is 50.4 Å². The SMILES string of the molecule is O=C(Cn1c2c(sc1=O)[C@H](c1ccccc1)C1C(=O)N(c3ccc([N+](=O)[O-])cc3)C(=O)C1S2)Nc1ccc(F)cc1. The quantitative estimate of drug-likeness (QED) is 0.200. The van der Waals surface area contributed by atoms with Crippen molar-refractivity contribution < 1.29 is 23.7 Å². The number of aromatic nitrogens is 1. The number of nitrogens with one attached hydrogen (secondary N) is 1. The summed E-state index contributed by atoms with van der Waals surface area (Å²) in [7, 11) is 0. The van der Waals surface area contributed by atoms with Crippen LogP contribution in [0.3, 0.4) is 0 Å². The molecule has 0 radical (unpaired) electrons.